The molecule has 0 fully saturated rings. The van der Waals surface area contributed by atoms with E-state index >= 15 is 0 Å². The number of unbranched alkanes of at least 4 members (excludes halogenated alkanes) is 1. The molecule has 0 aliphatic rings. The molecule has 0 saturated heterocycles. The summed E-state index contributed by atoms with van der Waals surface area (Å²) < 4.78 is 11.3. The number of H-pyrrole nitrogens is 1. The molecule has 3 heterocycles. The van der Waals surface area contributed by atoms with Gasteiger partial charge in [0.1, 0.15) is 16.5 Å². The van der Waals surface area contributed by atoms with Gasteiger partial charge < -0.3 is 14.9 Å². The molecule has 164 valence electrons. The van der Waals surface area contributed by atoms with Crippen LogP contribution in [0.2, 0.25) is 0 Å². The standard InChI is InChI=1S/C20H22N4O6S/c1-3-4-9-23-16(21)15(17(25)22-20(23)28)24(11-12-6-5-10-30-12)18(26)13-7-8-14(31-13)19(27)29-2/h5-8,10H,3-4,9,11,21H2,1-2H3,(H,22,25,28). The number of aromatic nitrogens is 2. The molecule has 0 atom stereocenters. The van der Waals surface area contributed by atoms with Crippen molar-refractivity contribution in [3.8, 4) is 0 Å². The summed E-state index contributed by atoms with van der Waals surface area (Å²) in [4.78, 5) is 53.9. The van der Waals surface area contributed by atoms with E-state index in [1.165, 1.54) is 30.1 Å². The van der Waals surface area contributed by atoms with Crippen molar-refractivity contribution in [1.82, 2.24) is 9.55 Å². The van der Waals surface area contributed by atoms with Crippen LogP contribution in [0.3, 0.4) is 0 Å². The third kappa shape index (κ3) is 4.61. The summed E-state index contributed by atoms with van der Waals surface area (Å²) in [6, 6.07) is 6.22. The number of carbonyl (C=O) groups is 2. The molecule has 0 aliphatic carbocycles. The molecule has 3 N–H and O–H groups in total. The highest BCUT2D eigenvalue weighted by molar-refractivity contribution is 7.16. The van der Waals surface area contributed by atoms with Gasteiger partial charge in [-0.2, -0.15) is 0 Å². The second kappa shape index (κ2) is 9.47. The Hall–Kier alpha value is -3.60. The summed E-state index contributed by atoms with van der Waals surface area (Å²) in [6.07, 6.45) is 2.91. The van der Waals surface area contributed by atoms with Crippen LogP contribution in [0.1, 0.15) is 44.9 Å². The van der Waals surface area contributed by atoms with Crippen molar-refractivity contribution in [2.75, 3.05) is 17.7 Å². The molecule has 10 nitrogen and oxygen atoms in total. The number of thiophene rings is 1. The van der Waals surface area contributed by atoms with Crippen molar-refractivity contribution in [3.63, 3.8) is 0 Å². The van der Waals surface area contributed by atoms with Gasteiger partial charge in [0.2, 0.25) is 0 Å². The van der Waals surface area contributed by atoms with Crippen LogP contribution in [0.4, 0.5) is 11.5 Å². The third-order valence-electron chi connectivity index (χ3n) is 4.56. The van der Waals surface area contributed by atoms with Gasteiger partial charge in [0.15, 0.2) is 5.69 Å². The molecule has 3 rings (SSSR count). The van der Waals surface area contributed by atoms with Crippen LogP contribution in [0.25, 0.3) is 0 Å². The fourth-order valence-corrected chi connectivity index (χ4v) is 3.86. The third-order valence-corrected chi connectivity index (χ3v) is 5.62. The van der Waals surface area contributed by atoms with Crippen LogP contribution in [-0.4, -0.2) is 28.5 Å². The number of rotatable bonds is 8. The van der Waals surface area contributed by atoms with Crippen LogP contribution >= 0.6 is 11.3 Å². The minimum atomic E-state index is -0.792. The first kappa shape index (κ1) is 22.1. The van der Waals surface area contributed by atoms with Gasteiger partial charge in [-0.15, -0.1) is 11.3 Å². The van der Waals surface area contributed by atoms with E-state index in [4.69, 9.17) is 10.2 Å². The predicted octanol–water partition coefficient (Wildman–Crippen LogP) is 2.21. The van der Waals surface area contributed by atoms with Gasteiger partial charge in [-0.25, -0.2) is 9.59 Å². The molecule has 31 heavy (non-hydrogen) atoms. The molecule has 0 radical (unpaired) electrons. The normalized spacial score (nSPS) is 10.8. The molecule has 0 aromatic carbocycles. The van der Waals surface area contributed by atoms with E-state index in [-0.39, 0.29) is 27.8 Å². The number of hydrogen-bond acceptors (Lipinski definition) is 8. The Morgan fingerprint density at radius 2 is 2.00 bits per heavy atom. The lowest BCUT2D eigenvalue weighted by atomic mass is 10.2. The number of anilines is 2. The molecule has 1 amide bonds. The summed E-state index contributed by atoms with van der Waals surface area (Å²) in [5.74, 6) is -0.864. The first-order valence-electron chi connectivity index (χ1n) is 9.52. The zero-order valence-corrected chi connectivity index (χ0v) is 17.9. The van der Waals surface area contributed by atoms with E-state index in [0.29, 0.717) is 18.7 Å². The molecule has 0 saturated carbocycles. The number of esters is 1. The fraction of sp³-hybridized carbons (Fsp3) is 0.300. The van der Waals surface area contributed by atoms with E-state index < -0.39 is 23.1 Å². The lowest BCUT2D eigenvalue weighted by Crippen LogP contribution is -2.40. The number of nitrogens with one attached hydrogen (secondary N) is 1. The van der Waals surface area contributed by atoms with Crippen molar-refractivity contribution < 1.29 is 18.7 Å². The number of nitrogens with two attached hydrogens (primary N) is 1. The summed E-state index contributed by atoms with van der Waals surface area (Å²) >= 11 is 0.924. The number of furan rings is 1. The lowest BCUT2D eigenvalue weighted by Gasteiger charge is -2.23. The first-order valence-corrected chi connectivity index (χ1v) is 10.3. The minimum Gasteiger partial charge on any atom is -0.467 e. The van der Waals surface area contributed by atoms with Gasteiger partial charge in [-0.3, -0.25) is 24.0 Å². The summed E-state index contributed by atoms with van der Waals surface area (Å²) in [5.41, 5.74) is 4.60. The van der Waals surface area contributed by atoms with Gasteiger partial charge in [0.05, 0.1) is 24.8 Å². The van der Waals surface area contributed by atoms with E-state index in [1.54, 1.807) is 12.1 Å². The summed E-state index contributed by atoms with van der Waals surface area (Å²) in [6.45, 7) is 2.14. The number of amides is 1. The Labute approximate surface area is 180 Å². The first-order chi connectivity index (χ1) is 14.9. The smallest absolute Gasteiger partial charge is 0.348 e. The Morgan fingerprint density at radius 1 is 1.26 bits per heavy atom. The van der Waals surface area contributed by atoms with Gasteiger partial charge >= 0.3 is 11.7 Å². The Balaban J connectivity index is 2.11. The molecule has 3 aromatic rings. The zero-order chi connectivity index (χ0) is 22.5. The summed E-state index contributed by atoms with van der Waals surface area (Å²) in [5, 5.41) is 0. The molecule has 11 heteroatoms. The number of methoxy groups -OCH3 is 1. The molecule has 0 unspecified atom stereocenters. The highest BCUT2D eigenvalue weighted by Crippen LogP contribution is 2.26. The largest absolute Gasteiger partial charge is 0.467 e. The van der Waals surface area contributed by atoms with E-state index in [2.05, 4.69) is 9.72 Å². The Kier molecular flexibility index (Phi) is 6.75. The maximum Gasteiger partial charge on any atom is 0.348 e. The second-order valence-corrected chi connectivity index (χ2v) is 7.71. The number of carbonyl (C=O) groups excluding carboxylic acids is 2. The fourth-order valence-electron chi connectivity index (χ4n) is 2.98. The highest BCUT2D eigenvalue weighted by atomic mass is 32.1. The minimum absolute atomic E-state index is 0.101. The number of ether oxygens (including phenoxy) is 1. The SMILES string of the molecule is CCCCn1c(N)c(N(Cc2ccco2)C(=O)c2ccc(C(=O)OC)s2)c(=O)[nH]c1=O. The number of nitrogen functional groups attached to an aromatic ring is 1. The topological polar surface area (TPSA) is 141 Å². The monoisotopic (exact) mass is 446 g/mol. The highest BCUT2D eigenvalue weighted by Gasteiger charge is 2.28. The number of aromatic amines is 1. The average Bonchev–Trinajstić information content (AvgIpc) is 3.44. The molecular weight excluding hydrogens is 424 g/mol. The second-order valence-electron chi connectivity index (χ2n) is 6.62. The molecule has 0 spiro atoms. The van der Waals surface area contributed by atoms with Gasteiger partial charge in [-0.05, 0) is 30.7 Å². The maximum atomic E-state index is 13.4. The lowest BCUT2D eigenvalue weighted by molar-refractivity contribution is 0.0606. The van der Waals surface area contributed by atoms with E-state index in [1.807, 2.05) is 6.92 Å². The molecular formula is C20H22N4O6S. The maximum absolute atomic E-state index is 13.4. The molecule has 0 bridgehead atoms. The Bertz CT molecular complexity index is 1190. The van der Waals surface area contributed by atoms with Crippen LogP contribution in [0, 0.1) is 0 Å². The van der Waals surface area contributed by atoms with E-state index in [0.717, 1.165) is 22.7 Å². The van der Waals surface area contributed by atoms with Crippen LogP contribution in [0.15, 0.2) is 44.5 Å². The van der Waals surface area contributed by atoms with E-state index in [9.17, 15) is 19.2 Å². The molecule has 0 aliphatic heterocycles. The van der Waals surface area contributed by atoms with Gasteiger partial charge in [0.25, 0.3) is 11.5 Å². The van der Waals surface area contributed by atoms with Crippen molar-refractivity contribution >= 4 is 34.7 Å². The number of hydrogen-bond donors (Lipinski definition) is 2. The van der Waals surface area contributed by atoms with Crippen LogP contribution < -0.4 is 21.9 Å². The summed E-state index contributed by atoms with van der Waals surface area (Å²) in [7, 11) is 1.24. The van der Waals surface area contributed by atoms with Crippen molar-refractivity contribution in [2.24, 2.45) is 0 Å². The molecule has 3 aromatic heterocycles. The van der Waals surface area contributed by atoms with Crippen LogP contribution in [-0.2, 0) is 17.8 Å². The van der Waals surface area contributed by atoms with Crippen molar-refractivity contribution in [2.45, 2.75) is 32.9 Å². The Morgan fingerprint density at radius 3 is 2.65 bits per heavy atom. The van der Waals surface area contributed by atoms with Crippen molar-refractivity contribution in [1.29, 1.82) is 0 Å². The number of nitrogens with zero attached hydrogens (tertiary/aromatic N) is 2. The van der Waals surface area contributed by atoms with Gasteiger partial charge in [0, 0.05) is 6.54 Å². The van der Waals surface area contributed by atoms with Crippen LogP contribution in [0.5, 0.6) is 0 Å². The quantitative estimate of drug-likeness (QED) is 0.505. The zero-order valence-electron chi connectivity index (χ0n) is 17.0. The predicted molar refractivity (Wildman–Crippen MR) is 116 cm³/mol. The average molecular weight is 446 g/mol. The van der Waals surface area contributed by atoms with Crippen molar-refractivity contribution in [3.05, 3.63) is 66.9 Å². The van der Waals surface area contributed by atoms with Gasteiger partial charge in [-0.1, -0.05) is 13.3 Å².